The third-order valence-corrected chi connectivity index (χ3v) is 4.15. The predicted molar refractivity (Wildman–Crippen MR) is 87.3 cm³/mol. The van der Waals surface area contributed by atoms with E-state index in [4.69, 9.17) is 16.3 Å². The van der Waals surface area contributed by atoms with E-state index in [1.54, 1.807) is 4.90 Å². The molecule has 1 aromatic heterocycles. The van der Waals surface area contributed by atoms with Crippen LogP contribution in [0.2, 0.25) is 5.02 Å². The average molecular weight is 368 g/mol. The number of hydrogen-bond donors (Lipinski definition) is 0. The van der Waals surface area contributed by atoms with Crippen LogP contribution in [0, 0.1) is 11.6 Å². The van der Waals surface area contributed by atoms with E-state index < -0.39 is 11.6 Å². The first kappa shape index (κ1) is 17.5. The molecule has 5 nitrogen and oxygen atoms in total. The lowest BCUT2D eigenvalue weighted by Gasteiger charge is -2.32. The standard InChI is InChI=1S/C17H16ClF2N3O2/c18-12-8-21-17(22-9-12)25-14-2-1-5-23(10-14)16(24)6-11-3-4-13(19)7-15(11)20/h3-4,7-9,14H,1-2,5-6,10H2. The summed E-state index contributed by atoms with van der Waals surface area (Å²) in [6.07, 6.45) is 4.05. The Morgan fingerprint density at radius 3 is 2.80 bits per heavy atom. The van der Waals surface area contributed by atoms with Crippen molar-refractivity contribution in [1.82, 2.24) is 14.9 Å². The smallest absolute Gasteiger partial charge is 0.316 e. The molecule has 0 saturated carbocycles. The summed E-state index contributed by atoms with van der Waals surface area (Å²) < 4.78 is 32.3. The molecule has 25 heavy (non-hydrogen) atoms. The number of ether oxygens (including phenoxy) is 1. The molecule has 1 atom stereocenters. The maximum Gasteiger partial charge on any atom is 0.316 e. The summed E-state index contributed by atoms with van der Waals surface area (Å²) >= 11 is 5.73. The van der Waals surface area contributed by atoms with Gasteiger partial charge in [-0.1, -0.05) is 17.7 Å². The minimum Gasteiger partial charge on any atom is -0.458 e. The Labute approximate surface area is 148 Å². The number of aromatic nitrogens is 2. The minimum atomic E-state index is -0.715. The van der Waals surface area contributed by atoms with Crippen LogP contribution in [0.3, 0.4) is 0 Å². The Hall–Kier alpha value is -2.28. The molecule has 132 valence electrons. The molecule has 1 fully saturated rings. The monoisotopic (exact) mass is 367 g/mol. The number of nitrogens with zero attached hydrogens (tertiary/aromatic N) is 3. The molecule has 1 aromatic carbocycles. The van der Waals surface area contributed by atoms with Crippen molar-refractivity contribution in [2.75, 3.05) is 13.1 Å². The highest BCUT2D eigenvalue weighted by atomic mass is 35.5. The van der Waals surface area contributed by atoms with Crippen molar-refractivity contribution >= 4 is 17.5 Å². The summed E-state index contributed by atoms with van der Waals surface area (Å²) in [7, 11) is 0. The number of amides is 1. The number of likely N-dealkylation sites (tertiary alicyclic amines) is 1. The van der Waals surface area contributed by atoms with Crippen LogP contribution in [0.5, 0.6) is 6.01 Å². The SMILES string of the molecule is O=C(Cc1ccc(F)cc1F)N1CCCC(Oc2ncc(Cl)cn2)C1. The molecular weight excluding hydrogens is 352 g/mol. The molecule has 0 spiro atoms. The van der Waals surface area contributed by atoms with Crippen molar-refractivity contribution < 1.29 is 18.3 Å². The van der Waals surface area contributed by atoms with E-state index >= 15 is 0 Å². The summed E-state index contributed by atoms with van der Waals surface area (Å²) in [6.45, 7) is 0.941. The maximum atomic E-state index is 13.7. The molecule has 2 heterocycles. The molecule has 2 aromatic rings. The summed E-state index contributed by atoms with van der Waals surface area (Å²) in [5.74, 6) is -1.60. The zero-order valence-electron chi connectivity index (χ0n) is 13.3. The summed E-state index contributed by atoms with van der Waals surface area (Å²) in [6, 6.07) is 3.42. The van der Waals surface area contributed by atoms with Gasteiger partial charge in [-0.25, -0.2) is 18.7 Å². The van der Waals surface area contributed by atoms with E-state index in [0.29, 0.717) is 18.1 Å². The first-order valence-corrected chi connectivity index (χ1v) is 8.25. The second-order valence-corrected chi connectivity index (χ2v) is 6.25. The van der Waals surface area contributed by atoms with E-state index in [-0.39, 0.29) is 30.0 Å². The molecule has 3 rings (SSSR count). The Morgan fingerprint density at radius 2 is 2.08 bits per heavy atom. The maximum absolute atomic E-state index is 13.7. The van der Waals surface area contributed by atoms with Crippen LogP contribution in [-0.2, 0) is 11.2 Å². The fourth-order valence-corrected chi connectivity index (χ4v) is 2.81. The van der Waals surface area contributed by atoms with Gasteiger partial charge < -0.3 is 9.64 Å². The van der Waals surface area contributed by atoms with Crippen molar-refractivity contribution in [2.24, 2.45) is 0 Å². The molecule has 0 N–H and O–H groups in total. The average Bonchev–Trinajstić information content (AvgIpc) is 2.60. The van der Waals surface area contributed by atoms with Gasteiger partial charge >= 0.3 is 6.01 Å². The fraction of sp³-hybridized carbons (Fsp3) is 0.353. The van der Waals surface area contributed by atoms with E-state index in [2.05, 4.69) is 9.97 Å². The number of benzene rings is 1. The van der Waals surface area contributed by atoms with E-state index in [1.807, 2.05) is 0 Å². The van der Waals surface area contributed by atoms with E-state index in [1.165, 1.54) is 18.5 Å². The lowest BCUT2D eigenvalue weighted by atomic mass is 10.1. The highest BCUT2D eigenvalue weighted by Crippen LogP contribution is 2.18. The first-order chi connectivity index (χ1) is 12.0. The molecular formula is C17H16ClF2N3O2. The third kappa shape index (κ3) is 4.63. The predicted octanol–water partition coefficient (Wildman–Crippen LogP) is 3.02. The van der Waals surface area contributed by atoms with Crippen molar-refractivity contribution in [3.05, 3.63) is 52.8 Å². The Balaban J connectivity index is 1.60. The lowest BCUT2D eigenvalue weighted by molar-refractivity contribution is -0.133. The molecule has 1 amide bonds. The highest BCUT2D eigenvalue weighted by Gasteiger charge is 2.26. The minimum absolute atomic E-state index is 0.115. The van der Waals surface area contributed by atoms with Gasteiger partial charge in [-0.15, -0.1) is 0 Å². The van der Waals surface area contributed by atoms with Crippen molar-refractivity contribution in [3.8, 4) is 6.01 Å². The summed E-state index contributed by atoms with van der Waals surface area (Å²) in [5, 5.41) is 0.411. The second kappa shape index (κ2) is 7.74. The number of carbonyl (C=O) groups is 1. The van der Waals surface area contributed by atoms with Gasteiger partial charge in [0, 0.05) is 12.6 Å². The third-order valence-electron chi connectivity index (χ3n) is 3.96. The molecule has 0 bridgehead atoms. The zero-order chi connectivity index (χ0) is 17.8. The van der Waals surface area contributed by atoms with Crippen LogP contribution in [0.25, 0.3) is 0 Å². The van der Waals surface area contributed by atoms with Crippen LogP contribution < -0.4 is 4.74 Å². The van der Waals surface area contributed by atoms with Crippen LogP contribution >= 0.6 is 11.6 Å². The van der Waals surface area contributed by atoms with Crippen molar-refractivity contribution in [2.45, 2.75) is 25.4 Å². The van der Waals surface area contributed by atoms with Gasteiger partial charge in [-0.3, -0.25) is 4.79 Å². The molecule has 0 aliphatic carbocycles. The van der Waals surface area contributed by atoms with Crippen molar-refractivity contribution in [3.63, 3.8) is 0 Å². The van der Waals surface area contributed by atoms with Gasteiger partial charge in [0.1, 0.15) is 17.7 Å². The molecule has 1 saturated heterocycles. The van der Waals surface area contributed by atoms with Gasteiger partial charge in [0.05, 0.1) is 30.4 Å². The summed E-state index contributed by atoms with van der Waals surface area (Å²) in [4.78, 5) is 22.0. The largest absolute Gasteiger partial charge is 0.458 e. The zero-order valence-corrected chi connectivity index (χ0v) is 14.0. The lowest BCUT2D eigenvalue weighted by Crippen LogP contribution is -2.45. The number of halogens is 3. The topological polar surface area (TPSA) is 55.3 Å². The molecule has 8 heteroatoms. The van der Waals surface area contributed by atoms with Crippen LogP contribution in [-0.4, -0.2) is 40.0 Å². The summed E-state index contributed by atoms with van der Waals surface area (Å²) in [5.41, 5.74) is 0.176. The Kier molecular flexibility index (Phi) is 5.43. The van der Waals surface area contributed by atoms with Crippen LogP contribution in [0.15, 0.2) is 30.6 Å². The van der Waals surface area contributed by atoms with Gasteiger partial charge in [-0.2, -0.15) is 0 Å². The van der Waals surface area contributed by atoms with Gasteiger partial charge in [-0.05, 0) is 24.5 Å². The second-order valence-electron chi connectivity index (χ2n) is 5.82. The van der Waals surface area contributed by atoms with E-state index in [0.717, 1.165) is 25.0 Å². The van der Waals surface area contributed by atoms with Gasteiger partial charge in [0.15, 0.2) is 0 Å². The number of carbonyl (C=O) groups excluding carboxylic acids is 1. The number of hydrogen-bond acceptors (Lipinski definition) is 4. The van der Waals surface area contributed by atoms with Crippen molar-refractivity contribution in [1.29, 1.82) is 0 Å². The molecule has 1 aliphatic heterocycles. The number of rotatable bonds is 4. The van der Waals surface area contributed by atoms with Gasteiger partial charge in [0.25, 0.3) is 0 Å². The molecule has 1 unspecified atom stereocenters. The highest BCUT2D eigenvalue weighted by molar-refractivity contribution is 6.30. The molecule has 1 aliphatic rings. The Morgan fingerprint density at radius 1 is 1.32 bits per heavy atom. The van der Waals surface area contributed by atoms with Crippen LogP contribution in [0.4, 0.5) is 8.78 Å². The Bertz CT molecular complexity index is 758. The number of piperidine rings is 1. The normalized spacial score (nSPS) is 17.4. The quantitative estimate of drug-likeness (QED) is 0.833. The molecule has 0 radical (unpaired) electrons. The fourth-order valence-electron chi connectivity index (χ4n) is 2.71. The van der Waals surface area contributed by atoms with Gasteiger partial charge in [0.2, 0.25) is 5.91 Å². The van der Waals surface area contributed by atoms with Crippen LogP contribution in [0.1, 0.15) is 18.4 Å². The first-order valence-electron chi connectivity index (χ1n) is 7.87. The van der Waals surface area contributed by atoms with E-state index in [9.17, 15) is 13.6 Å².